The van der Waals surface area contributed by atoms with Gasteiger partial charge in [0.05, 0.1) is 0 Å². The zero-order chi connectivity index (χ0) is 13.8. The molecule has 104 valence electrons. The molecule has 0 aliphatic carbocycles. The summed E-state index contributed by atoms with van der Waals surface area (Å²) in [5, 5.41) is 0. The Labute approximate surface area is 115 Å². The molecule has 0 saturated carbocycles. The van der Waals surface area contributed by atoms with Crippen LogP contribution in [0, 0.1) is 12.8 Å². The normalized spacial score (nSPS) is 20.6. The molecule has 0 radical (unpaired) electrons. The maximum absolute atomic E-state index is 12.2. The van der Waals surface area contributed by atoms with E-state index in [2.05, 4.69) is 31.2 Å². The Morgan fingerprint density at radius 1 is 1.53 bits per heavy atom. The van der Waals surface area contributed by atoms with E-state index in [1.165, 1.54) is 11.1 Å². The standard InChI is InChI=1S/C16H24N2O/c1-12-4-3-5-14(10-12)6-7-16(19)18-9-8-15(11-18)13(2)17/h3-5,10,13,15H,6-9,11,17H2,1-2H3. The average Bonchev–Trinajstić information content (AvgIpc) is 2.86. The minimum absolute atomic E-state index is 0.189. The summed E-state index contributed by atoms with van der Waals surface area (Å²) in [6.07, 6.45) is 2.49. The van der Waals surface area contributed by atoms with Gasteiger partial charge in [-0.3, -0.25) is 4.79 Å². The van der Waals surface area contributed by atoms with E-state index >= 15 is 0 Å². The van der Waals surface area contributed by atoms with Gasteiger partial charge in [0.15, 0.2) is 0 Å². The Balaban J connectivity index is 1.82. The van der Waals surface area contributed by atoms with Crippen LogP contribution in [0.2, 0.25) is 0 Å². The van der Waals surface area contributed by atoms with Gasteiger partial charge in [-0.05, 0) is 38.2 Å². The van der Waals surface area contributed by atoms with Gasteiger partial charge in [-0.1, -0.05) is 29.8 Å². The summed E-state index contributed by atoms with van der Waals surface area (Å²) >= 11 is 0. The molecule has 1 saturated heterocycles. The van der Waals surface area contributed by atoms with E-state index < -0.39 is 0 Å². The number of hydrogen-bond donors (Lipinski definition) is 1. The summed E-state index contributed by atoms with van der Waals surface area (Å²) < 4.78 is 0. The number of rotatable bonds is 4. The van der Waals surface area contributed by atoms with Crippen LogP contribution < -0.4 is 5.73 Å². The molecule has 19 heavy (non-hydrogen) atoms. The van der Waals surface area contributed by atoms with Crippen molar-refractivity contribution in [1.29, 1.82) is 0 Å². The van der Waals surface area contributed by atoms with Crippen molar-refractivity contribution in [2.75, 3.05) is 13.1 Å². The third kappa shape index (κ3) is 3.80. The number of nitrogens with two attached hydrogens (primary N) is 1. The number of nitrogens with zero attached hydrogens (tertiary/aromatic N) is 1. The second-order valence-corrected chi connectivity index (χ2v) is 5.74. The lowest BCUT2D eigenvalue weighted by atomic mass is 10.0. The van der Waals surface area contributed by atoms with E-state index in [1.807, 2.05) is 11.8 Å². The predicted octanol–water partition coefficient (Wildman–Crippen LogP) is 2.12. The van der Waals surface area contributed by atoms with Crippen LogP contribution in [0.15, 0.2) is 24.3 Å². The van der Waals surface area contributed by atoms with Crippen molar-refractivity contribution < 1.29 is 4.79 Å². The Morgan fingerprint density at radius 3 is 2.95 bits per heavy atom. The zero-order valence-corrected chi connectivity index (χ0v) is 11.9. The van der Waals surface area contributed by atoms with Crippen LogP contribution in [0.3, 0.4) is 0 Å². The Kier molecular flexibility index (Phi) is 4.59. The molecule has 1 aromatic rings. The first-order valence-electron chi connectivity index (χ1n) is 7.15. The van der Waals surface area contributed by atoms with Crippen molar-refractivity contribution in [3.05, 3.63) is 35.4 Å². The average molecular weight is 260 g/mol. The lowest BCUT2D eigenvalue weighted by Gasteiger charge is -2.18. The highest BCUT2D eigenvalue weighted by atomic mass is 16.2. The number of carbonyl (C=O) groups excluding carboxylic acids is 1. The van der Waals surface area contributed by atoms with Gasteiger partial charge < -0.3 is 10.6 Å². The van der Waals surface area contributed by atoms with Crippen LogP contribution in [-0.2, 0) is 11.2 Å². The molecule has 2 rings (SSSR count). The first kappa shape index (κ1) is 14.1. The molecule has 3 nitrogen and oxygen atoms in total. The van der Waals surface area contributed by atoms with E-state index in [0.717, 1.165) is 25.9 Å². The molecule has 1 amide bonds. The number of aryl methyl sites for hydroxylation is 2. The number of benzene rings is 1. The molecule has 2 atom stereocenters. The molecule has 1 aliphatic rings. The van der Waals surface area contributed by atoms with Crippen LogP contribution in [0.1, 0.15) is 30.9 Å². The van der Waals surface area contributed by atoms with Gasteiger partial charge in [0.2, 0.25) is 5.91 Å². The van der Waals surface area contributed by atoms with Gasteiger partial charge in [0, 0.05) is 25.6 Å². The van der Waals surface area contributed by atoms with E-state index in [9.17, 15) is 4.79 Å². The second kappa shape index (κ2) is 6.20. The number of hydrogen-bond acceptors (Lipinski definition) is 2. The van der Waals surface area contributed by atoms with Gasteiger partial charge in [0.25, 0.3) is 0 Å². The second-order valence-electron chi connectivity index (χ2n) is 5.74. The van der Waals surface area contributed by atoms with Gasteiger partial charge in [-0.2, -0.15) is 0 Å². The van der Waals surface area contributed by atoms with Crippen LogP contribution >= 0.6 is 0 Å². The maximum atomic E-state index is 12.2. The summed E-state index contributed by atoms with van der Waals surface area (Å²) in [5.41, 5.74) is 8.40. The van der Waals surface area contributed by atoms with Crippen molar-refractivity contribution in [3.8, 4) is 0 Å². The molecule has 0 bridgehead atoms. The topological polar surface area (TPSA) is 46.3 Å². The number of amides is 1. The van der Waals surface area contributed by atoms with Crippen molar-refractivity contribution in [3.63, 3.8) is 0 Å². The van der Waals surface area contributed by atoms with E-state index in [-0.39, 0.29) is 11.9 Å². The molecular formula is C16H24N2O. The van der Waals surface area contributed by atoms with Crippen LogP contribution in [0.25, 0.3) is 0 Å². The van der Waals surface area contributed by atoms with E-state index in [0.29, 0.717) is 12.3 Å². The highest BCUT2D eigenvalue weighted by molar-refractivity contribution is 5.76. The molecular weight excluding hydrogens is 236 g/mol. The van der Waals surface area contributed by atoms with Gasteiger partial charge >= 0.3 is 0 Å². The SMILES string of the molecule is Cc1cccc(CCC(=O)N2CCC(C(C)N)C2)c1. The third-order valence-corrected chi connectivity index (χ3v) is 4.03. The summed E-state index contributed by atoms with van der Waals surface area (Å²) in [6, 6.07) is 8.57. The molecule has 1 aromatic carbocycles. The summed E-state index contributed by atoms with van der Waals surface area (Å²) in [6.45, 7) is 5.83. The highest BCUT2D eigenvalue weighted by Crippen LogP contribution is 2.19. The number of carbonyl (C=O) groups is 1. The highest BCUT2D eigenvalue weighted by Gasteiger charge is 2.27. The molecule has 1 heterocycles. The van der Waals surface area contributed by atoms with Crippen LogP contribution in [0.5, 0.6) is 0 Å². The Bertz CT molecular complexity index is 442. The quantitative estimate of drug-likeness (QED) is 0.901. The van der Waals surface area contributed by atoms with Crippen molar-refractivity contribution in [2.24, 2.45) is 11.7 Å². The fourth-order valence-corrected chi connectivity index (χ4v) is 2.72. The fraction of sp³-hybridized carbons (Fsp3) is 0.562. The van der Waals surface area contributed by atoms with Crippen LogP contribution in [0.4, 0.5) is 0 Å². The largest absolute Gasteiger partial charge is 0.342 e. The van der Waals surface area contributed by atoms with Gasteiger partial charge in [-0.25, -0.2) is 0 Å². The third-order valence-electron chi connectivity index (χ3n) is 4.03. The van der Waals surface area contributed by atoms with Crippen molar-refractivity contribution in [1.82, 2.24) is 4.90 Å². The monoisotopic (exact) mass is 260 g/mol. The van der Waals surface area contributed by atoms with Crippen molar-refractivity contribution >= 4 is 5.91 Å². The minimum atomic E-state index is 0.189. The fourth-order valence-electron chi connectivity index (χ4n) is 2.72. The Morgan fingerprint density at radius 2 is 2.32 bits per heavy atom. The summed E-state index contributed by atoms with van der Waals surface area (Å²) in [4.78, 5) is 14.1. The molecule has 3 heteroatoms. The van der Waals surface area contributed by atoms with Crippen LogP contribution in [-0.4, -0.2) is 29.9 Å². The smallest absolute Gasteiger partial charge is 0.222 e. The summed E-state index contributed by atoms with van der Waals surface area (Å²) in [5.74, 6) is 0.743. The molecule has 2 N–H and O–H groups in total. The van der Waals surface area contributed by atoms with Crippen molar-refractivity contribution in [2.45, 2.75) is 39.2 Å². The summed E-state index contributed by atoms with van der Waals surface area (Å²) in [7, 11) is 0. The lowest BCUT2D eigenvalue weighted by Crippen LogP contribution is -2.33. The minimum Gasteiger partial charge on any atom is -0.342 e. The van der Waals surface area contributed by atoms with Gasteiger partial charge in [-0.15, -0.1) is 0 Å². The molecule has 0 aromatic heterocycles. The Hall–Kier alpha value is -1.35. The first-order valence-corrected chi connectivity index (χ1v) is 7.15. The van der Waals surface area contributed by atoms with E-state index in [4.69, 9.17) is 5.73 Å². The number of likely N-dealkylation sites (tertiary alicyclic amines) is 1. The molecule has 2 unspecified atom stereocenters. The molecule has 1 fully saturated rings. The predicted molar refractivity (Wildman–Crippen MR) is 77.8 cm³/mol. The lowest BCUT2D eigenvalue weighted by molar-refractivity contribution is -0.130. The van der Waals surface area contributed by atoms with Gasteiger partial charge in [0.1, 0.15) is 0 Å². The molecule has 1 aliphatic heterocycles. The first-order chi connectivity index (χ1) is 9.06. The molecule has 0 spiro atoms. The zero-order valence-electron chi connectivity index (χ0n) is 11.9. The van der Waals surface area contributed by atoms with E-state index in [1.54, 1.807) is 0 Å². The maximum Gasteiger partial charge on any atom is 0.222 e.